The normalized spacial score (nSPS) is 14.4. The third kappa shape index (κ3) is 3.08. The van der Waals surface area contributed by atoms with Gasteiger partial charge in [-0.15, -0.1) is 6.58 Å². The third-order valence-electron chi connectivity index (χ3n) is 5.05. The first-order chi connectivity index (χ1) is 14.6. The molecule has 1 radical (unpaired) electrons. The zero-order chi connectivity index (χ0) is 21.3. The fourth-order valence-electron chi connectivity index (χ4n) is 3.69. The first kappa shape index (κ1) is 19.6. The third-order valence-corrected chi connectivity index (χ3v) is 5.05. The van der Waals surface area contributed by atoms with Crippen LogP contribution in [-0.4, -0.2) is 32.9 Å². The molecule has 4 rings (SSSR count). The molecular weight excluding hydrogens is 380 g/mol. The largest absolute Gasteiger partial charge is 0.496 e. The summed E-state index contributed by atoms with van der Waals surface area (Å²) in [6.07, 6.45) is 2.38. The molecule has 0 aliphatic carbocycles. The monoisotopic (exact) mass is 403 g/mol. The van der Waals surface area contributed by atoms with Crippen LogP contribution in [0.3, 0.4) is 0 Å². The number of nitrogens with zero attached hydrogens (tertiary/aromatic N) is 3. The van der Waals surface area contributed by atoms with E-state index in [9.17, 15) is 0 Å². The molecule has 2 heterocycles. The van der Waals surface area contributed by atoms with Crippen molar-refractivity contribution in [3.8, 4) is 17.2 Å². The summed E-state index contributed by atoms with van der Waals surface area (Å²) in [6.45, 7) is 5.83. The van der Waals surface area contributed by atoms with Crippen molar-refractivity contribution < 1.29 is 14.2 Å². The Hall–Kier alpha value is -3.74. The van der Waals surface area contributed by atoms with Crippen LogP contribution in [0.1, 0.15) is 23.6 Å². The number of para-hydroxylation sites is 1. The highest BCUT2D eigenvalue weighted by molar-refractivity contribution is 6.22. The maximum absolute atomic E-state index is 5.73. The minimum Gasteiger partial charge on any atom is -0.496 e. The van der Waals surface area contributed by atoms with Gasteiger partial charge < -0.3 is 14.2 Å². The highest BCUT2D eigenvalue weighted by Gasteiger charge is 2.30. The van der Waals surface area contributed by atoms with Gasteiger partial charge in [0.1, 0.15) is 11.4 Å². The topological polar surface area (TPSA) is 78.5 Å². The van der Waals surface area contributed by atoms with Crippen LogP contribution in [0.4, 0.5) is 5.69 Å². The van der Waals surface area contributed by atoms with Crippen molar-refractivity contribution in [3.63, 3.8) is 0 Å². The Bertz CT molecular complexity index is 1120. The average Bonchev–Trinajstić information content (AvgIpc) is 3.02. The van der Waals surface area contributed by atoms with Crippen molar-refractivity contribution in [1.29, 1.82) is 0 Å². The number of nitrogens with one attached hydrogen (secondary N) is 1. The van der Waals surface area contributed by atoms with E-state index in [4.69, 9.17) is 24.2 Å². The van der Waals surface area contributed by atoms with E-state index in [1.54, 1.807) is 21.3 Å². The van der Waals surface area contributed by atoms with Crippen LogP contribution >= 0.6 is 0 Å². The number of methoxy groups -OCH3 is 3. The summed E-state index contributed by atoms with van der Waals surface area (Å²) >= 11 is 0. The maximum Gasteiger partial charge on any atom is 0.175 e. The van der Waals surface area contributed by atoms with E-state index >= 15 is 0 Å². The fourth-order valence-corrected chi connectivity index (χ4v) is 3.69. The number of aliphatic imine (C=N–C) groups is 2. The van der Waals surface area contributed by atoms with Crippen molar-refractivity contribution in [2.75, 3.05) is 21.3 Å². The van der Waals surface area contributed by atoms with Gasteiger partial charge in [-0.3, -0.25) is 5.43 Å². The minimum absolute atomic E-state index is 0.553. The molecule has 7 heteroatoms. The van der Waals surface area contributed by atoms with Crippen LogP contribution < -0.4 is 25.1 Å². The van der Waals surface area contributed by atoms with Gasteiger partial charge in [-0.25, -0.2) is 9.98 Å². The summed E-state index contributed by atoms with van der Waals surface area (Å²) in [4.78, 5) is 9.85. The second kappa shape index (κ2) is 7.94. The molecule has 0 unspecified atom stereocenters. The Morgan fingerprint density at radius 3 is 2.50 bits per heavy atom. The molecule has 2 aliphatic heterocycles. The Morgan fingerprint density at radius 1 is 1.03 bits per heavy atom. The van der Waals surface area contributed by atoms with E-state index in [1.165, 1.54) is 0 Å². The van der Waals surface area contributed by atoms with Gasteiger partial charge in [-0.1, -0.05) is 18.2 Å². The van der Waals surface area contributed by atoms with Crippen molar-refractivity contribution in [3.05, 3.63) is 71.1 Å². The molecule has 0 spiro atoms. The molecule has 0 atom stereocenters. The SMILES string of the molecule is C=CCc1c(OC)c(OC)cc2c1C(c1ccccc1OC)=NC1=C(C)[N]NC1=N2. The molecule has 0 bridgehead atoms. The van der Waals surface area contributed by atoms with Gasteiger partial charge in [0.25, 0.3) is 0 Å². The molecule has 30 heavy (non-hydrogen) atoms. The minimum atomic E-state index is 0.553. The number of hydrogen-bond acceptors (Lipinski definition) is 6. The second-order valence-corrected chi connectivity index (χ2v) is 6.76. The Morgan fingerprint density at radius 2 is 1.80 bits per heavy atom. The lowest BCUT2D eigenvalue weighted by Crippen LogP contribution is -2.22. The predicted molar refractivity (Wildman–Crippen MR) is 117 cm³/mol. The lowest BCUT2D eigenvalue weighted by Gasteiger charge is -2.20. The zero-order valence-electron chi connectivity index (χ0n) is 17.4. The number of amidine groups is 1. The molecule has 0 saturated heterocycles. The Kier molecular flexibility index (Phi) is 5.18. The van der Waals surface area contributed by atoms with Crippen molar-refractivity contribution in [1.82, 2.24) is 10.9 Å². The number of benzene rings is 2. The maximum atomic E-state index is 5.73. The summed E-state index contributed by atoms with van der Waals surface area (Å²) in [5.74, 6) is 2.53. The van der Waals surface area contributed by atoms with E-state index in [0.29, 0.717) is 40.9 Å². The highest BCUT2D eigenvalue weighted by atomic mass is 16.5. The molecular formula is C23H23N4O3. The molecule has 7 nitrogen and oxygen atoms in total. The average molecular weight is 403 g/mol. The lowest BCUT2D eigenvalue weighted by atomic mass is 9.92. The number of fused-ring (bicyclic) bond motifs is 2. The molecule has 2 aromatic rings. The van der Waals surface area contributed by atoms with Crippen LogP contribution in [0.25, 0.3) is 0 Å². The Labute approximate surface area is 175 Å². The summed E-state index contributed by atoms with van der Waals surface area (Å²) < 4.78 is 17.0. The van der Waals surface area contributed by atoms with Crippen LogP contribution in [-0.2, 0) is 6.42 Å². The first-order valence-corrected chi connectivity index (χ1v) is 9.50. The smallest absolute Gasteiger partial charge is 0.175 e. The molecule has 2 aromatic carbocycles. The van der Waals surface area contributed by atoms with Gasteiger partial charge in [0.15, 0.2) is 17.3 Å². The van der Waals surface area contributed by atoms with Gasteiger partial charge in [-0.2, -0.15) is 5.43 Å². The summed E-state index contributed by atoms with van der Waals surface area (Å²) in [7, 11) is 4.88. The standard InChI is InChI=1S/C23H23N4O3/c1-6-9-15-19-16(12-18(29-4)22(15)30-5)24-23-20(13(2)26-27-23)25-21(19)14-10-7-8-11-17(14)28-3/h6-8,10-12H,1,9H2,2-5H3,(H,24,27). The van der Waals surface area contributed by atoms with E-state index in [1.807, 2.05) is 43.3 Å². The lowest BCUT2D eigenvalue weighted by molar-refractivity contribution is 0.352. The van der Waals surface area contributed by atoms with E-state index < -0.39 is 0 Å². The van der Waals surface area contributed by atoms with Gasteiger partial charge in [0, 0.05) is 22.8 Å². The predicted octanol–water partition coefficient (Wildman–Crippen LogP) is 3.68. The fraction of sp³-hybridized carbons (Fsp3) is 0.217. The van der Waals surface area contributed by atoms with Gasteiger partial charge in [-0.05, 0) is 25.5 Å². The van der Waals surface area contributed by atoms with Crippen LogP contribution in [0.15, 0.2) is 64.4 Å². The van der Waals surface area contributed by atoms with Gasteiger partial charge in [0.2, 0.25) is 0 Å². The molecule has 153 valence electrons. The summed E-state index contributed by atoms with van der Waals surface area (Å²) in [6, 6.07) is 9.64. The zero-order valence-corrected chi connectivity index (χ0v) is 17.4. The van der Waals surface area contributed by atoms with E-state index in [0.717, 1.165) is 28.1 Å². The van der Waals surface area contributed by atoms with Gasteiger partial charge in [0.05, 0.1) is 38.4 Å². The Balaban J connectivity index is 2.13. The number of hydrogen-bond donors (Lipinski definition) is 1. The molecule has 2 aliphatic rings. The second-order valence-electron chi connectivity index (χ2n) is 6.76. The van der Waals surface area contributed by atoms with E-state index in [-0.39, 0.29) is 0 Å². The van der Waals surface area contributed by atoms with E-state index in [2.05, 4.69) is 17.4 Å². The van der Waals surface area contributed by atoms with Crippen LogP contribution in [0, 0.1) is 0 Å². The van der Waals surface area contributed by atoms with Crippen LogP contribution in [0.2, 0.25) is 0 Å². The highest BCUT2D eigenvalue weighted by Crippen LogP contribution is 2.43. The molecule has 0 amide bonds. The van der Waals surface area contributed by atoms with Crippen molar-refractivity contribution >= 4 is 17.2 Å². The molecule has 0 aromatic heterocycles. The summed E-state index contributed by atoms with van der Waals surface area (Å²) in [5, 5.41) is 0. The number of ether oxygens (including phenoxy) is 3. The van der Waals surface area contributed by atoms with Gasteiger partial charge >= 0.3 is 0 Å². The first-order valence-electron chi connectivity index (χ1n) is 9.50. The van der Waals surface area contributed by atoms with Crippen molar-refractivity contribution in [2.45, 2.75) is 13.3 Å². The molecule has 0 saturated carbocycles. The van der Waals surface area contributed by atoms with Crippen LogP contribution in [0.5, 0.6) is 17.2 Å². The van der Waals surface area contributed by atoms with Crippen molar-refractivity contribution in [2.24, 2.45) is 9.98 Å². The quantitative estimate of drug-likeness (QED) is 0.747. The molecule has 0 fully saturated rings. The number of allylic oxidation sites excluding steroid dienone is 2. The number of rotatable bonds is 6. The molecule has 1 N–H and O–H groups in total. The summed E-state index contributed by atoms with van der Waals surface area (Å²) in [5.41, 5.74) is 12.7.